The SMILES string of the molecule is CCOC(=O)C(N)C(=O)NC(CC)c1cccs1. The minimum absolute atomic E-state index is 0.113. The maximum atomic E-state index is 11.8. The second-order valence-corrected chi connectivity index (χ2v) is 4.69. The average molecular weight is 270 g/mol. The lowest BCUT2D eigenvalue weighted by Crippen LogP contribution is -2.47. The Morgan fingerprint density at radius 2 is 2.22 bits per heavy atom. The lowest BCUT2D eigenvalue weighted by atomic mass is 10.1. The van der Waals surface area contributed by atoms with Crippen LogP contribution >= 0.6 is 11.3 Å². The zero-order chi connectivity index (χ0) is 13.5. The summed E-state index contributed by atoms with van der Waals surface area (Å²) in [4.78, 5) is 24.2. The van der Waals surface area contributed by atoms with E-state index < -0.39 is 17.9 Å². The van der Waals surface area contributed by atoms with Crippen molar-refractivity contribution in [1.29, 1.82) is 0 Å². The highest BCUT2D eigenvalue weighted by Gasteiger charge is 2.25. The molecule has 1 aromatic heterocycles. The molecule has 3 N–H and O–H groups in total. The average Bonchev–Trinajstić information content (AvgIpc) is 2.88. The van der Waals surface area contributed by atoms with Crippen molar-refractivity contribution >= 4 is 23.2 Å². The van der Waals surface area contributed by atoms with E-state index in [1.807, 2.05) is 24.4 Å². The molecule has 0 fully saturated rings. The molecule has 0 radical (unpaired) electrons. The van der Waals surface area contributed by atoms with Gasteiger partial charge in [0.15, 0.2) is 6.04 Å². The number of carbonyl (C=O) groups is 2. The van der Waals surface area contributed by atoms with Crippen LogP contribution in [0.5, 0.6) is 0 Å². The van der Waals surface area contributed by atoms with Gasteiger partial charge in [0.25, 0.3) is 0 Å². The van der Waals surface area contributed by atoms with Crippen molar-refractivity contribution in [3.63, 3.8) is 0 Å². The molecular weight excluding hydrogens is 252 g/mol. The summed E-state index contributed by atoms with van der Waals surface area (Å²) in [5.74, 6) is -1.20. The molecule has 18 heavy (non-hydrogen) atoms. The van der Waals surface area contributed by atoms with Crippen LogP contribution in [0.3, 0.4) is 0 Å². The Labute approximate surface area is 110 Å². The first-order valence-corrected chi connectivity index (χ1v) is 6.74. The fraction of sp³-hybridized carbons (Fsp3) is 0.500. The van der Waals surface area contributed by atoms with Crippen LogP contribution in [-0.4, -0.2) is 24.5 Å². The molecule has 0 aliphatic heterocycles. The van der Waals surface area contributed by atoms with E-state index in [0.717, 1.165) is 11.3 Å². The molecule has 1 heterocycles. The van der Waals surface area contributed by atoms with E-state index >= 15 is 0 Å². The fourth-order valence-corrected chi connectivity index (χ4v) is 2.33. The number of rotatable bonds is 6. The van der Waals surface area contributed by atoms with Crippen LogP contribution in [0.4, 0.5) is 0 Å². The van der Waals surface area contributed by atoms with Crippen LogP contribution in [0, 0.1) is 0 Å². The van der Waals surface area contributed by atoms with Crippen molar-refractivity contribution in [3.05, 3.63) is 22.4 Å². The van der Waals surface area contributed by atoms with Crippen molar-refractivity contribution in [2.75, 3.05) is 6.61 Å². The Kier molecular flexibility index (Phi) is 5.80. The zero-order valence-electron chi connectivity index (χ0n) is 10.5. The van der Waals surface area contributed by atoms with Crippen molar-refractivity contribution < 1.29 is 14.3 Å². The first kappa shape index (κ1) is 14.7. The molecular formula is C12H18N2O3S. The molecule has 1 rings (SSSR count). The van der Waals surface area contributed by atoms with Gasteiger partial charge in [-0.25, -0.2) is 4.79 Å². The van der Waals surface area contributed by atoms with E-state index in [1.54, 1.807) is 18.3 Å². The number of nitrogens with two attached hydrogens (primary N) is 1. The number of esters is 1. The number of amides is 1. The van der Waals surface area contributed by atoms with Crippen molar-refractivity contribution in [3.8, 4) is 0 Å². The summed E-state index contributed by atoms with van der Waals surface area (Å²) < 4.78 is 4.71. The lowest BCUT2D eigenvalue weighted by Gasteiger charge is -2.18. The van der Waals surface area contributed by atoms with Gasteiger partial charge in [-0.3, -0.25) is 4.79 Å². The summed E-state index contributed by atoms with van der Waals surface area (Å²) in [6, 6.07) is 2.48. The quantitative estimate of drug-likeness (QED) is 0.601. The van der Waals surface area contributed by atoms with Crippen LogP contribution in [0.25, 0.3) is 0 Å². The highest BCUT2D eigenvalue weighted by Crippen LogP contribution is 2.21. The standard InChI is InChI=1S/C12H18N2O3S/c1-3-8(9-6-5-7-18-9)14-11(15)10(13)12(16)17-4-2/h5-8,10H,3-4,13H2,1-2H3,(H,14,15). The first-order chi connectivity index (χ1) is 8.60. The molecule has 0 bridgehead atoms. The Bertz CT molecular complexity index is 392. The Balaban J connectivity index is 2.60. The second kappa shape index (κ2) is 7.13. The smallest absolute Gasteiger partial charge is 0.332 e. The third-order valence-electron chi connectivity index (χ3n) is 2.43. The van der Waals surface area contributed by atoms with Crippen LogP contribution in [0.2, 0.25) is 0 Å². The van der Waals surface area contributed by atoms with Gasteiger partial charge in [0, 0.05) is 4.88 Å². The molecule has 2 atom stereocenters. The normalized spacial score (nSPS) is 13.7. The predicted molar refractivity (Wildman–Crippen MR) is 70.1 cm³/mol. The fourth-order valence-electron chi connectivity index (χ4n) is 1.46. The number of ether oxygens (including phenoxy) is 1. The molecule has 0 saturated heterocycles. The largest absolute Gasteiger partial charge is 0.464 e. The third-order valence-corrected chi connectivity index (χ3v) is 3.42. The van der Waals surface area contributed by atoms with Gasteiger partial charge in [0.2, 0.25) is 5.91 Å². The van der Waals surface area contributed by atoms with Crippen molar-refractivity contribution in [2.24, 2.45) is 5.73 Å². The maximum Gasteiger partial charge on any atom is 0.332 e. The van der Waals surface area contributed by atoms with Crippen LogP contribution in [0.1, 0.15) is 31.2 Å². The predicted octanol–water partition coefficient (Wildman–Crippen LogP) is 1.21. The molecule has 1 aromatic rings. The van der Waals surface area contributed by atoms with E-state index in [4.69, 9.17) is 10.5 Å². The van der Waals surface area contributed by atoms with Gasteiger partial charge < -0.3 is 15.8 Å². The monoisotopic (exact) mass is 270 g/mol. The molecule has 0 aromatic carbocycles. The van der Waals surface area contributed by atoms with Gasteiger partial charge in [-0.1, -0.05) is 13.0 Å². The number of carbonyl (C=O) groups excluding carboxylic acids is 2. The van der Waals surface area contributed by atoms with E-state index in [1.165, 1.54) is 0 Å². The molecule has 0 aliphatic rings. The number of hydrogen-bond donors (Lipinski definition) is 2. The van der Waals surface area contributed by atoms with Gasteiger partial charge in [-0.05, 0) is 24.8 Å². The third kappa shape index (κ3) is 3.82. The van der Waals surface area contributed by atoms with Crippen LogP contribution < -0.4 is 11.1 Å². The van der Waals surface area contributed by atoms with Gasteiger partial charge in [-0.15, -0.1) is 11.3 Å². The minimum atomic E-state index is -1.26. The van der Waals surface area contributed by atoms with E-state index in [-0.39, 0.29) is 12.6 Å². The summed E-state index contributed by atoms with van der Waals surface area (Å²) in [5.41, 5.74) is 5.52. The molecule has 2 unspecified atom stereocenters. The number of thiophene rings is 1. The summed E-state index contributed by atoms with van der Waals surface area (Å²) in [7, 11) is 0. The van der Waals surface area contributed by atoms with Crippen molar-refractivity contribution in [2.45, 2.75) is 32.4 Å². The molecule has 5 nitrogen and oxygen atoms in total. The zero-order valence-corrected chi connectivity index (χ0v) is 11.3. The number of hydrogen-bond acceptors (Lipinski definition) is 5. The molecule has 0 aliphatic carbocycles. The number of nitrogens with one attached hydrogen (secondary N) is 1. The molecule has 6 heteroatoms. The molecule has 100 valence electrons. The Hall–Kier alpha value is -1.40. The second-order valence-electron chi connectivity index (χ2n) is 3.71. The molecule has 0 spiro atoms. The Morgan fingerprint density at radius 3 is 2.72 bits per heavy atom. The van der Waals surface area contributed by atoms with E-state index in [2.05, 4.69) is 5.32 Å². The first-order valence-electron chi connectivity index (χ1n) is 5.86. The maximum absolute atomic E-state index is 11.8. The van der Waals surface area contributed by atoms with Gasteiger partial charge in [-0.2, -0.15) is 0 Å². The summed E-state index contributed by atoms with van der Waals surface area (Å²) in [5, 5.41) is 4.69. The lowest BCUT2D eigenvalue weighted by molar-refractivity contribution is -0.148. The minimum Gasteiger partial charge on any atom is -0.464 e. The van der Waals surface area contributed by atoms with Crippen molar-refractivity contribution in [1.82, 2.24) is 5.32 Å². The van der Waals surface area contributed by atoms with Crippen LogP contribution in [-0.2, 0) is 14.3 Å². The summed E-state index contributed by atoms with van der Waals surface area (Å²) in [6.07, 6.45) is 0.738. The Morgan fingerprint density at radius 1 is 1.50 bits per heavy atom. The van der Waals surface area contributed by atoms with Gasteiger partial charge in [0.05, 0.1) is 12.6 Å². The highest BCUT2D eigenvalue weighted by atomic mass is 32.1. The molecule has 0 saturated carbocycles. The van der Waals surface area contributed by atoms with Crippen LogP contribution in [0.15, 0.2) is 17.5 Å². The van der Waals surface area contributed by atoms with E-state index in [0.29, 0.717) is 0 Å². The highest BCUT2D eigenvalue weighted by molar-refractivity contribution is 7.10. The summed E-state index contributed by atoms with van der Waals surface area (Å²) in [6.45, 7) is 3.84. The molecule has 1 amide bonds. The van der Waals surface area contributed by atoms with E-state index in [9.17, 15) is 9.59 Å². The topological polar surface area (TPSA) is 81.4 Å². The summed E-state index contributed by atoms with van der Waals surface area (Å²) >= 11 is 1.56. The van der Waals surface area contributed by atoms with Gasteiger partial charge >= 0.3 is 5.97 Å². The van der Waals surface area contributed by atoms with Gasteiger partial charge in [0.1, 0.15) is 0 Å².